The lowest BCUT2D eigenvalue weighted by Gasteiger charge is -2.33. The van der Waals surface area contributed by atoms with E-state index in [1.165, 1.54) is 4.90 Å². The minimum atomic E-state index is -4.41. The van der Waals surface area contributed by atoms with Crippen molar-refractivity contribution in [3.8, 4) is 0 Å². The van der Waals surface area contributed by atoms with Gasteiger partial charge in [0.25, 0.3) is 0 Å². The van der Waals surface area contributed by atoms with Crippen LogP contribution in [0.5, 0.6) is 0 Å². The van der Waals surface area contributed by atoms with Gasteiger partial charge >= 0.3 is 13.9 Å². The zero-order chi connectivity index (χ0) is 44.0. The van der Waals surface area contributed by atoms with Crippen molar-refractivity contribution < 1.29 is 52.0 Å². The number of imide groups is 1. The largest absolute Gasteiger partial charge is 0.473 e. The first-order chi connectivity index (χ1) is 26.8. The van der Waals surface area contributed by atoms with Crippen LogP contribution in [0, 0.1) is 23.7 Å². The number of carbonyl (C=O) groups is 6. The number of urea groups is 1. The molecule has 7 N–H and O–H groups in total. The lowest BCUT2D eigenvalue weighted by molar-refractivity contribution is -0.141. The van der Waals surface area contributed by atoms with E-state index in [4.69, 9.17) is 19.5 Å². The fraction of sp³-hybridized carbons (Fsp3) is 0.700. The maximum Gasteiger partial charge on any atom is 0.473 e. The van der Waals surface area contributed by atoms with Gasteiger partial charge < -0.3 is 36.6 Å². The minimum absolute atomic E-state index is 0.00323. The van der Waals surface area contributed by atoms with Crippen molar-refractivity contribution in [2.24, 2.45) is 29.4 Å². The van der Waals surface area contributed by atoms with Crippen LogP contribution in [0.25, 0.3) is 0 Å². The number of rotatable bonds is 25. The highest BCUT2D eigenvalue weighted by Crippen LogP contribution is 2.52. The normalized spacial score (nSPS) is 17.0. The molecule has 0 spiro atoms. The maximum absolute atomic E-state index is 13.6. The van der Waals surface area contributed by atoms with E-state index >= 15 is 0 Å². The Hall–Kier alpha value is -3.89. The first kappa shape index (κ1) is 50.3. The zero-order valence-corrected chi connectivity index (χ0v) is 36.7. The smallest absolute Gasteiger partial charge is 0.379 e. The average Bonchev–Trinajstić information content (AvgIpc) is 3.35. The molecule has 1 heterocycles. The van der Waals surface area contributed by atoms with Gasteiger partial charge in [-0.05, 0) is 82.4 Å². The predicted molar refractivity (Wildman–Crippen MR) is 219 cm³/mol. The Morgan fingerprint density at radius 1 is 0.931 bits per heavy atom. The number of likely N-dealkylation sites (tertiary alicyclic amines) is 1. The molecule has 1 fully saturated rings. The molecule has 0 aromatic heterocycles. The zero-order valence-electron chi connectivity index (χ0n) is 35.8. The van der Waals surface area contributed by atoms with Crippen molar-refractivity contribution in [2.45, 2.75) is 131 Å². The molecule has 58 heavy (non-hydrogen) atoms. The number of amides is 7. The van der Waals surface area contributed by atoms with Crippen LogP contribution in [0.4, 0.5) is 10.5 Å². The average molecular weight is 839 g/mol. The summed E-state index contributed by atoms with van der Waals surface area (Å²) < 4.78 is 29.5. The number of primary amides is 1. The van der Waals surface area contributed by atoms with E-state index < -0.39 is 54.9 Å². The van der Waals surface area contributed by atoms with Crippen molar-refractivity contribution in [2.75, 3.05) is 31.6 Å². The molecule has 1 aliphatic heterocycles. The molecule has 2 rings (SSSR count). The summed E-state index contributed by atoms with van der Waals surface area (Å²) in [4.78, 5) is 87.6. The molecule has 4 atom stereocenters. The van der Waals surface area contributed by atoms with Crippen molar-refractivity contribution in [1.82, 2.24) is 20.9 Å². The maximum atomic E-state index is 13.6. The highest BCUT2D eigenvalue weighted by atomic mass is 31.2. The highest BCUT2D eigenvalue weighted by molar-refractivity contribution is 7.47. The van der Waals surface area contributed by atoms with Gasteiger partial charge in [-0.2, -0.15) is 0 Å². The monoisotopic (exact) mass is 838 g/mol. The van der Waals surface area contributed by atoms with Crippen LogP contribution < -0.4 is 27.0 Å². The van der Waals surface area contributed by atoms with Crippen molar-refractivity contribution >= 4 is 49.1 Å². The van der Waals surface area contributed by atoms with Gasteiger partial charge in [0.1, 0.15) is 12.1 Å². The molecular formula is C40H67N6O11P. The minimum Gasteiger partial charge on any atom is -0.379 e. The summed E-state index contributed by atoms with van der Waals surface area (Å²) in [5, 5.41) is 10.7. The van der Waals surface area contributed by atoms with Gasteiger partial charge in [-0.25, -0.2) is 9.36 Å². The third-order valence-electron chi connectivity index (χ3n) is 9.36. The third kappa shape index (κ3) is 17.9. The van der Waals surface area contributed by atoms with Gasteiger partial charge in [-0.1, -0.05) is 53.7 Å². The van der Waals surface area contributed by atoms with Crippen LogP contribution >= 0.6 is 7.82 Å². The van der Waals surface area contributed by atoms with Crippen molar-refractivity contribution in [3.63, 3.8) is 0 Å². The van der Waals surface area contributed by atoms with Crippen LogP contribution in [-0.4, -0.2) is 94.9 Å². The Morgan fingerprint density at radius 2 is 1.55 bits per heavy atom. The molecule has 7 amide bonds. The second-order valence-corrected chi connectivity index (χ2v) is 18.5. The summed E-state index contributed by atoms with van der Waals surface area (Å²) in [7, 11) is -4.41. The number of hydrogen-bond acceptors (Lipinski definition) is 10. The molecule has 1 aromatic rings. The van der Waals surface area contributed by atoms with E-state index in [1.807, 2.05) is 27.7 Å². The molecule has 0 saturated carbocycles. The molecule has 17 nitrogen and oxygen atoms in total. The lowest BCUT2D eigenvalue weighted by atomic mass is 9.94. The fourth-order valence-corrected chi connectivity index (χ4v) is 8.26. The molecule has 1 aliphatic rings. The Bertz CT molecular complexity index is 1620. The Morgan fingerprint density at radius 3 is 2.10 bits per heavy atom. The number of phosphoric acid groups is 1. The third-order valence-corrected chi connectivity index (χ3v) is 10.8. The van der Waals surface area contributed by atoms with E-state index in [9.17, 15) is 38.2 Å². The number of ether oxygens (including phenoxy) is 1. The van der Waals surface area contributed by atoms with Crippen LogP contribution in [0.1, 0.15) is 107 Å². The molecule has 1 aromatic carbocycles. The number of anilines is 1. The molecule has 1 saturated heterocycles. The quantitative estimate of drug-likeness (QED) is 0.0457. The van der Waals surface area contributed by atoms with Crippen molar-refractivity contribution in [3.05, 3.63) is 29.8 Å². The summed E-state index contributed by atoms with van der Waals surface area (Å²) in [5.74, 6) is -2.44. The van der Waals surface area contributed by atoms with Crippen molar-refractivity contribution in [1.29, 1.82) is 0 Å². The van der Waals surface area contributed by atoms with E-state index in [1.54, 1.807) is 65.8 Å². The van der Waals surface area contributed by atoms with Gasteiger partial charge in [0.05, 0.1) is 31.0 Å². The van der Waals surface area contributed by atoms with Crippen LogP contribution in [0.15, 0.2) is 24.3 Å². The highest BCUT2D eigenvalue weighted by Gasteiger charge is 2.40. The van der Waals surface area contributed by atoms with Crippen LogP contribution in [-0.2, 0) is 48.7 Å². The molecule has 328 valence electrons. The topological polar surface area (TPSA) is 245 Å². The SMILES string of the molecule is CC(C)CC(C)(C)OP(=O)(O)OC(C)(C)Cc1ccc(NC(=O)[C@H](CCCNC(N)=O)NC(=O)[C@@H](NC(=O)CCOCCN2C(=O)CC(C(C)C)C2=O)C(C)C)cc1. The summed E-state index contributed by atoms with van der Waals surface area (Å²) in [6.07, 6.45) is 1.33. The summed E-state index contributed by atoms with van der Waals surface area (Å²) in [5.41, 5.74) is 4.40. The number of phosphoric ester groups is 1. The van der Waals surface area contributed by atoms with Gasteiger partial charge in [-0.15, -0.1) is 0 Å². The molecule has 18 heteroatoms. The number of nitrogens with zero attached hydrogens (tertiary/aromatic N) is 1. The second-order valence-electron chi connectivity index (χ2n) is 17.2. The van der Waals surface area contributed by atoms with Gasteiger partial charge in [0.15, 0.2) is 0 Å². The summed E-state index contributed by atoms with van der Waals surface area (Å²) >= 11 is 0. The van der Waals surface area contributed by atoms with E-state index in [-0.39, 0.29) is 87.5 Å². The Balaban J connectivity index is 2.01. The lowest BCUT2D eigenvalue weighted by Crippen LogP contribution is -2.54. The van der Waals surface area contributed by atoms with E-state index in [2.05, 4.69) is 21.3 Å². The van der Waals surface area contributed by atoms with Crippen LogP contribution in [0.2, 0.25) is 0 Å². The van der Waals surface area contributed by atoms with Crippen LogP contribution in [0.3, 0.4) is 0 Å². The van der Waals surface area contributed by atoms with Gasteiger partial charge in [-0.3, -0.25) is 37.9 Å². The number of carbonyl (C=O) groups excluding carboxylic acids is 6. The number of hydrogen-bond donors (Lipinski definition) is 6. The van der Waals surface area contributed by atoms with Gasteiger partial charge in [0, 0.05) is 37.4 Å². The first-order valence-corrected chi connectivity index (χ1v) is 21.5. The standard InChI is InChI=1S/C40H67N6O11P/c1-25(2)23-39(7,8)56-58(53,54)57-40(9,10)24-28-13-15-29(16-14-28)43-35(49)31(12-11-18-42-38(41)52)44-36(50)34(27(5)6)45-32(47)17-20-55-21-19-46-33(48)22-30(26(3)4)37(46)51/h13-16,25-27,30-31,34H,11-12,17-24H2,1-10H3,(H,43,49)(H,44,50)(H,45,47)(H,53,54)(H3,41,42,52)/t30?,31-,34-/m0/s1. The molecule has 0 bridgehead atoms. The molecular weight excluding hydrogens is 771 g/mol. The molecule has 0 radical (unpaired) electrons. The fourth-order valence-electron chi connectivity index (χ4n) is 6.84. The Labute approximate surface area is 343 Å². The van der Waals surface area contributed by atoms with E-state index in [0.717, 1.165) is 5.56 Å². The number of nitrogens with one attached hydrogen (secondary N) is 4. The second kappa shape index (κ2) is 22.5. The molecule has 2 unspecified atom stereocenters. The van der Waals surface area contributed by atoms with E-state index in [0.29, 0.717) is 18.5 Å². The number of nitrogens with two attached hydrogens (primary N) is 1. The molecule has 0 aliphatic carbocycles. The Kier molecular flexibility index (Phi) is 19.5. The number of benzene rings is 1. The van der Waals surface area contributed by atoms with Gasteiger partial charge in [0.2, 0.25) is 29.5 Å². The summed E-state index contributed by atoms with van der Waals surface area (Å²) in [6.45, 7) is 18.4. The predicted octanol–water partition coefficient (Wildman–Crippen LogP) is 4.42. The first-order valence-electron chi connectivity index (χ1n) is 20.0. The summed E-state index contributed by atoms with van der Waals surface area (Å²) in [6, 6.07) is 4.00.